The van der Waals surface area contributed by atoms with Crippen molar-refractivity contribution in [2.45, 2.75) is 0 Å². The predicted octanol–water partition coefficient (Wildman–Crippen LogP) is 3.11. The molecule has 0 aliphatic carbocycles. The van der Waals surface area contributed by atoms with Gasteiger partial charge in [0.15, 0.2) is 5.82 Å². The highest BCUT2D eigenvalue weighted by Crippen LogP contribution is 2.22. The molecular formula is C11H4F4N. The smallest absolute Gasteiger partial charge is 0.152 e. The summed E-state index contributed by atoms with van der Waals surface area (Å²) in [5, 5.41) is 0. The molecule has 0 N–H and O–H groups in total. The van der Waals surface area contributed by atoms with Gasteiger partial charge in [0.1, 0.15) is 23.1 Å². The number of aromatic nitrogens is 1. The highest BCUT2D eigenvalue weighted by molar-refractivity contribution is 5.59. The third-order valence-corrected chi connectivity index (χ3v) is 1.88. The van der Waals surface area contributed by atoms with Crippen molar-refractivity contribution >= 4 is 0 Å². The Bertz CT molecular complexity index is 519. The Kier molecular flexibility index (Phi) is 2.60. The summed E-state index contributed by atoms with van der Waals surface area (Å²) in [6.45, 7) is 0. The molecule has 1 heterocycles. The van der Waals surface area contributed by atoms with Gasteiger partial charge in [0.2, 0.25) is 0 Å². The van der Waals surface area contributed by atoms with Gasteiger partial charge < -0.3 is 0 Å². The van der Waals surface area contributed by atoms with Gasteiger partial charge in [0, 0.05) is 11.6 Å². The molecule has 0 unspecified atom stereocenters. The van der Waals surface area contributed by atoms with E-state index in [1.54, 1.807) is 6.07 Å². The fourth-order valence-corrected chi connectivity index (χ4v) is 1.26. The number of halogens is 4. The molecule has 0 saturated heterocycles. The first kappa shape index (κ1) is 10.6. The van der Waals surface area contributed by atoms with Crippen LogP contribution in [0.25, 0.3) is 11.3 Å². The van der Waals surface area contributed by atoms with E-state index in [0.717, 1.165) is 18.3 Å². The Morgan fingerprint density at radius 1 is 0.938 bits per heavy atom. The average molecular weight is 226 g/mol. The Labute approximate surface area is 88.4 Å². The lowest BCUT2D eigenvalue weighted by Gasteiger charge is -2.02. The first-order chi connectivity index (χ1) is 7.56. The summed E-state index contributed by atoms with van der Waals surface area (Å²) in [5.74, 6) is -3.78. The first-order valence-electron chi connectivity index (χ1n) is 4.26. The number of nitrogens with zero attached hydrogens (tertiary/aromatic N) is 1. The van der Waals surface area contributed by atoms with Gasteiger partial charge in [-0.3, -0.25) is 4.98 Å². The maximum Gasteiger partial charge on any atom is 0.152 e. The number of pyridine rings is 1. The SMILES string of the molecule is Fc1[c]c(F)cc(-c2ncc(F)cc2F)c1. The van der Waals surface area contributed by atoms with Crippen LogP contribution in [0.2, 0.25) is 0 Å². The lowest BCUT2D eigenvalue weighted by molar-refractivity contribution is 0.572. The quantitative estimate of drug-likeness (QED) is 0.681. The molecule has 2 rings (SSSR count). The van der Waals surface area contributed by atoms with Crippen LogP contribution in [-0.2, 0) is 0 Å². The van der Waals surface area contributed by atoms with E-state index in [0.29, 0.717) is 6.07 Å². The third kappa shape index (κ3) is 2.03. The van der Waals surface area contributed by atoms with Crippen molar-refractivity contribution in [3.63, 3.8) is 0 Å². The van der Waals surface area contributed by atoms with Crippen molar-refractivity contribution in [2.24, 2.45) is 0 Å². The highest BCUT2D eigenvalue weighted by Gasteiger charge is 2.10. The van der Waals surface area contributed by atoms with E-state index in [1.807, 2.05) is 0 Å². The van der Waals surface area contributed by atoms with Crippen molar-refractivity contribution in [1.29, 1.82) is 0 Å². The van der Waals surface area contributed by atoms with Crippen LogP contribution in [0.4, 0.5) is 17.6 Å². The fraction of sp³-hybridized carbons (Fsp3) is 0. The molecule has 0 atom stereocenters. The predicted molar refractivity (Wildman–Crippen MR) is 48.3 cm³/mol. The Hall–Kier alpha value is -1.91. The van der Waals surface area contributed by atoms with E-state index in [2.05, 4.69) is 4.98 Å². The van der Waals surface area contributed by atoms with Crippen LogP contribution in [0.5, 0.6) is 0 Å². The van der Waals surface area contributed by atoms with Crippen LogP contribution in [0.1, 0.15) is 0 Å². The number of hydrogen-bond donors (Lipinski definition) is 0. The second-order valence-electron chi connectivity index (χ2n) is 3.05. The van der Waals surface area contributed by atoms with E-state index < -0.39 is 23.3 Å². The van der Waals surface area contributed by atoms with Crippen LogP contribution < -0.4 is 0 Å². The van der Waals surface area contributed by atoms with Crippen molar-refractivity contribution in [1.82, 2.24) is 4.98 Å². The zero-order valence-corrected chi connectivity index (χ0v) is 7.77. The molecule has 0 aliphatic heterocycles. The average Bonchev–Trinajstić information content (AvgIpc) is 2.15. The maximum absolute atomic E-state index is 13.2. The minimum Gasteiger partial charge on any atom is -0.250 e. The molecule has 81 valence electrons. The Morgan fingerprint density at radius 2 is 1.56 bits per heavy atom. The molecule has 2 aromatic rings. The van der Waals surface area contributed by atoms with Gasteiger partial charge >= 0.3 is 0 Å². The topological polar surface area (TPSA) is 12.9 Å². The van der Waals surface area contributed by atoms with Crippen molar-refractivity contribution in [2.75, 3.05) is 0 Å². The number of benzene rings is 1. The lowest BCUT2D eigenvalue weighted by atomic mass is 10.1. The van der Waals surface area contributed by atoms with Gasteiger partial charge in [-0.2, -0.15) is 0 Å². The molecule has 0 spiro atoms. The summed E-state index contributed by atoms with van der Waals surface area (Å²) in [7, 11) is 0. The molecule has 0 bridgehead atoms. The first-order valence-corrected chi connectivity index (χ1v) is 4.26. The van der Waals surface area contributed by atoms with Gasteiger partial charge in [0.25, 0.3) is 0 Å². The van der Waals surface area contributed by atoms with Crippen LogP contribution >= 0.6 is 0 Å². The minimum absolute atomic E-state index is 0.105. The molecule has 1 radical (unpaired) electrons. The Morgan fingerprint density at radius 3 is 2.12 bits per heavy atom. The van der Waals surface area contributed by atoms with E-state index in [9.17, 15) is 17.6 Å². The zero-order chi connectivity index (χ0) is 11.7. The summed E-state index contributed by atoms with van der Waals surface area (Å²) in [6.07, 6.45) is 0.769. The van der Waals surface area contributed by atoms with E-state index in [1.165, 1.54) is 0 Å². The molecule has 5 heteroatoms. The summed E-state index contributed by atoms with van der Waals surface area (Å²) in [5.41, 5.74) is -0.417. The zero-order valence-electron chi connectivity index (χ0n) is 7.77. The van der Waals surface area contributed by atoms with Crippen LogP contribution in [0, 0.1) is 29.3 Å². The van der Waals surface area contributed by atoms with Gasteiger partial charge in [-0.1, -0.05) is 0 Å². The van der Waals surface area contributed by atoms with Gasteiger partial charge in [-0.05, 0) is 12.1 Å². The van der Waals surface area contributed by atoms with Gasteiger partial charge in [-0.15, -0.1) is 0 Å². The monoisotopic (exact) mass is 226 g/mol. The number of rotatable bonds is 1. The van der Waals surface area contributed by atoms with Gasteiger partial charge in [-0.25, -0.2) is 17.6 Å². The summed E-state index contributed by atoms with van der Waals surface area (Å²) >= 11 is 0. The second kappa shape index (κ2) is 3.92. The molecule has 1 nitrogen and oxygen atoms in total. The lowest BCUT2D eigenvalue weighted by Crippen LogP contribution is -1.93. The standard InChI is InChI=1S/C11H4F4N/c12-7-1-6(2-8(13)3-7)11-10(15)4-9(14)5-16-11/h1-2,4-5H. The summed E-state index contributed by atoms with van der Waals surface area (Å²) < 4.78 is 51.4. The van der Waals surface area contributed by atoms with Crippen LogP contribution in [-0.4, -0.2) is 4.98 Å². The van der Waals surface area contributed by atoms with Crippen molar-refractivity contribution < 1.29 is 17.6 Å². The van der Waals surface area contributed by atoms with Gasteiger partial charge in [0.05, 0.1) is 12.3 Å². The molecular weight excluding hydrogens is 222 g/mol. The van der Waals surface area contributed by atoms with Crippen molar-refractivity contribution in [3.8, 4) is 11.3 Å². The molecule has 1 aromatic carbocycles. The van der Waals surface area contributed by atoms with E-state index >= 15 is 0 Å². The molecule has 16 heavy (non-hydrogen) atoms. The fourth-order valence-electron chi connectivity index (χ4n) is 1.26. The largest absolute Gasteiger partial charge is 0.250 e. The summed E-state index contributed by atoms with van der Waals surface area (Å²) in [4.78, 5) is 3.43. The third-order valence-electron chi connectivity index (χ3n) is 1.88. The van der Waals surface area contributed by atoms with Crippen LogP contribution in [0.3, 0.4) is 0 Å². The van der Waals surface area contributed by atoms with E-state index in [-0.39, 0.29) is 11.3 Å². The molecule has 0 saturated carbocycles. The van der Waals surface area contributed by atoms with Crippen LogP contribution in [0.15, 0.2) is 24.4 Å². The van der Waals surface area contributed by atoms with Crippen molar-refractivity contribution in [3.05, 3.63) is 53.7 Å². The van der Waals surface area contributed by atoms with E-state index in [4.69, 9.17) is 0 Å². The molecule has 0 amide bonds. The second-order valence-corrected chi connectivity index (χ2v) is 3.05. The minimum atomic E-state index is -0.981. The number of hydrogen-bond acceptors (Lipinski definition) is 1. The molecule has 1 aromatic heterocycles. The normalized spacial score (nSPS) is 10.5. The summed E-state index contributed by atoms with van der Waals surface area (Å²) in [6, 6.07) is 4.08. The highest BCUT2D eigenvalue weighted by atomic mass is 19.1. The molecule has 0 fully saturated rings. The molecule has 0 aliphatic rings. The maximum atomic E-state index is 13.2. The Balaban J connectivity index is 2.58.